The monoisotopic (exact) mass is 244 g/mol. The molecule has 0 bridgehead atoms. The van der Waals surface area contributed by atoms with Gasteiger partial charge in [-0.25, -0.2) is 0 Å². The second kappa shape index (κ2) is 3.84. The minimum atomic E-state index is -1.77. The third-order valence-corrected chi connectivity index (χ3v) is 8.63. The molecule has 1 rings (SSSR count). The molecule has 1 saturated carbocycles. The lowest BCUT2D eigenvalue weighted by Gasteiger charge is -2.50. The SMILES string of the molecule is CC1(O[Si](C)(C)C(C)(C)C)CC(C(=O)O)C1. The predicted molar refractivity (Wildman–Crippen MR) is 67.0 cm³/mol. The van der Waals surface area contributed by atoms with E-state index in [9.17, 15) is 4.79 Å². The molecule has 94 valence electrons. The summed E-state index contributed by atoms with van der Waals surface area (Å²) >= 11 is 0. The van der Waals surface area contributed by atoms with Gasteiger partial charge in [0.1, 0.15) is 0 Å². The maximum absolute atomic E-state index is 10.8. The first kappa shape index (κ1) is 13.7. The van der Waals surface area contributed by atoms with Crippen LogP contribution in [0, 0.1) is 5.92 Å². The van der Waals surface area contributed by atoms with E-state index in [0.29, 0.717) is 12.8 Å². The predicted octanol–water partition coefficient (Wildman–Crippen LogP) is 3.26. The van der Waals surface area contributed by atoms with Crippen LogP contribution < -0.4 is 0 Å². The van der Waals surface area contributed by atoms with Crippen molar-refractivity contribution in [3.8, 4) is 0 Å². The van der Waals surface area contributed by atoms with Crippen LogP contribution in [-0.2, 0) is 9.22 Å². The number of hydrogen-bond donors (Lipinski definition) is 1. The van der Waals surface area contributed by atoms with Crippen LogP contribution >= 0.6 is 0 Å². The van der Waals surface area contributed by atoms with Gasteiger partial charge < -0.3 is 9.53 Å². The standard InChI is InChI=1S/C12H24O3Si/c1-11(2,3)16(5,6)15-12(4)7-9(8-12)10(13)14/h9H,7-8H2,1-6H3,(H,13,14). The lowest BCUT2D eigenvalue weighted by Crippen LogP contribution is -2.55. The first-order valence-corrected chi connectivity index (χ1v) is 8.81. The number of aliphatic carboxylic acids is 1. The number of carboxylic acids is 1. The Hall–Kier alpha value is -0.353. The van der Waals surface area contributed by atoms with Gasteiger partial charge in [0.2, 0.25) is 0 Å². The van der Waals surface area contributed by atoms with E-state index in [1.54, 1.807) is 0 Å². The van der Waals surface area contributed by atoms with Crippen LogP contribution in [-0.4, -0.2) is 25.0 Å². The van der Waals surface area contributed by atoms with Gasteiger partial charge >= 0.3 is 5.97 Å². The summed E-state index contributed by atoms with van der Waals surface area (Å²) in [6, 6.07) is 0. The zero-order chi connectivity index (χ0) is 12.8. The molecule has 0 spiro atoms. The molecule has 0 unspecified atom stereocenters. The highest BCUT2D eigenvalue weighted by Gasteiger charge is 2.50. The van der Waals surface area contributed by atoms with Crippen LogP contribution in [0.1, 0.15) is 40.5 Å². The highest BCUT2D eigenvalue weighted by atomic mass is 28.4. The van der Waals surface area contributed by atoms with Crippen LogP contribution in [0.2, 0.25) is 18.1 Å². The molecule has 1 aliphatic carbocycles. The molecule has 0 amide bonds. The molecule has 1 N–H and O–H groups in total. The van der Waals surface area contributed by atoms with Gasteiger partial charge in [-0.3, -0.25) is 4.79 Å². The number of rotatable bonds is 3. The molecule has 3 nitrogen and oxygen atoms in total. The summed E-state index contributed by atoms with van der Waals surface area (Å²) in [4.78, 5) is 10.8. The van der Waals surface area contributed by atoms with E-state index in [2.05, 4.69) is 33.9 Å². The second-order valence-corrected chi connectivity index (χ2v) is 11.5. The van der Waals surface area contributed by atoms with Crippen LogP contribution in [0.4, 0.5) is 0 Å². The van der Waals surface area contributed by atoms with Crippen molar-refractivity contribution in [3.63, 3.8) is 0 Å². The first-order valence-electron chi connectivity index (χ1n) is 5.90. The molecule has 0 aromatic heterocycles. The maximum atomic E-state index is 10.8. The van der Waals surface area contributed by atoms with Crippen LogP contribution in [0.25, 0.3) is 0 Å². The zero-order valence-corrected chi connectivity index (χ0v) is 12.3. The Balaban J connectivity index is 2.60. The Morgan fingerprint density at radius 1 is 1.38 bits per heavy atom. The molecule has 0 atom stereocenters. The molecule has 0 heterocycles. The number of carbonyl (C=O) groups is 1. The Kier molecular flexibility index (Phi) is 3.29. The maximum Gasteiger partial charge on any atom is 0.306 e. The van der Waals surface area contributed by atoms with Crippen molar-refractivity contribution in [2.24, 2.45) is 5.92 Å². The zero-order valence-electron chi connectivity index (χ0n) is 11.3. The van der Waals surface area contributed by atoms with Gasteiger partial charge in [0.15, 0.2) is 8.32 Å². The molecule has 0 aromatic rings. The Labute approximate surface area is 99.3 Å². The Bertz CT molecular complexity index is 285. The van der Waals surface area contributed by atoms with E-state index in [0.717, 1.165) is 0 Å². The summed E-state index contributed by atoms with van der Waals surface area (Å²) < 4.78 is 6.28. The van der Waals surface area contributed by atoms with Gasteiger partial charge in [-0.2, -0.15) is 0 Å². The highest BCUT2D eigenvalue weighted by molar-refractivity contribution is 6.74. The van der Waals surface area contributed by atoms with Gasteiger partial charge in [0.05, 0.1) is 11.5 Å². The summed E-state index contributed by atoms with van der Waals surface area (Å²) in [6.45, 7) is 13.1. The summed E-state index contributed by atoms with van der Waals surface area (Å²) in [5.74, 6) is -0.883. The second-order valence-electron chi connectivity index (χ2n) is 6.76. The quantitative estimate of drug-likeness (QED) is 0.775. The van der Waals surface area contributed by atoms with E-state index in [1.165, 1.54) is 0 Å². The fourth-order valence-corrected chi connectivity index (χ4v) is 3.71. The van der Waals surface area contributed by atoms with Crippen molar-refractivity contribution >= 4 is 14.3 Å². The molecule has 0 aromatic carbocycles. The number of hydrogen-bond acceptors (Lipinski definition) is 2. The Morgan fingerprint density at radius 3 is 2.12 bits per heavy atom. The van der Waals surface area contributed by atoms with E-state index in [4.69, 9.17) is 9.53 Å². The van der Waals surface area contributed by atoms with Gasteiger partial charge in [0.25, 0.3) is 0 Å². The van der Waals surface area contributed by atoms with Gasteiger partial charge in [-0.15, -0.1) is 0 Å². The van der Waals surface area contributed by atoms with E-state index in [1.807, 2.05) is 6.92 Å². The molecule has 1 fully saturated rings. The van der Waals surface area contributed by atoms with E-state index < -0.39 is 14.3 Å². The van der Waals surface area contributed by atoms with Crippen LogP contribution in [0.15, 0.2) is 0 Å². The summed E-state index contributed by atoms with van der Waals surface area (Å²) in [5.41, 5.74) is -0.202. The summed E-state index contributed by atoms with van der Waals surface area (Å²) in [7, 11) is -1.77. The molecular formula is C12H24O3Si. The van der Waals surface area contributed by atoms with Gasteiger partial charge in [0, 0.05) is 0 Å². The number of carboxylic acid groups (broad SMARTS) is 1. The minimum Gasteiger partial charge on any atom is -0.481 e. The van der Waals surface area contributed by atoms with E-state index in [-0.39, 0.29) is 16.6 Å². The topological polar surface area (TPSA) is 46.5 Å². The first-order chi connectivity index (χ1) is 6.97. The lowest BCUT2D eigenvalue weighted by atomic mass is 9.72. The highest BCUT2D eigenvalue weighted by Crippen LogP contribution is 2.47. The van der Waals surface area contributed by atoms with Crippen molar-refractivity contribution in [2.45, 2.75) is 64.3 Å². The van der Waals surface area contributed by atoms with Gasteiger partial charge in [-0.1, -0.05) is 20.8 Å². The van der Waals surface area contributed by atoms with Crippen molar-refractivity contribution in [1.82, 2.24) is 0 Å². The fraction of sp³-hybridized carbons (Fsp3) is 0.917. The third-order valence-electron chi connectivity index (χ3n) is 4.01. The van der Waals surface area contributed by atoms with Crippen molar-refractivity contribution in [2.75, 3.05) is 0 Å². The van der Waals surface area contributed by atoms with E-state index >= 15 is 0 Å². The third kappa shape index (κ3) is 2.66. The minimum absolute atomic E-state index is 0.185. The van der Waals surface area contributed by atoms with Crippen LogP contribution in [0.3, 0.4) is 0 Å². The average molecular weight is 244 g/mol. The van der Waals surface area contributed by atoms with Crippen molar-refractivity contribution < 1.29 is 14.3 Å². The molecule has 1 aliphatic rings. The molecule has 16 heavy (non-hydrogen) atoms. The van der Waals surface area contributed by atoms with Crippen LogP contribution in [0.5, 0.6) is 0 Å². The molecular weight excluding hydrogens is 220 g/mol. The molecule has 4 heteroatoms. The Morgan fingerprint density at radius 2 is 1.81 bits per heavy atom. The lowest BCUT2D eigenvalue weighted by molar-refractivity contribution is -0.154. The largest absolute Gasteiger partial charge is 0.481 e. The fourth-order valence-electron chi connectivity index (χ4n) is 2.01. The summed E-state index contributed by atoms with van der Waals surface area (Å²) in [6.07, 6.45) is 1.32. The van der Waals surface area contributed by atoms with Gasteiger partial charge in [-0.05, 0) is 37.9 Å². The normalized spacial score (nSPS) is 31.0. The molecule has 0 aliphatic heterocycles. The molecule has 0 radical (unpaired) electrons. The van der Waals surface area contributed by atoms with Crippen molar-refractivity contribution in [1.29, 1.82) is 0 Å². The molecule has 0 saturated heterocycles. The average Bonchev–Trinajstić information content (AvgIpc) is 1.96. The summed E-state index contributed by atoms with van der Waals surface area (Å²) in [5, 5.41) is 9.06. The van der Waals surface area contributed by atoms with Crippen molar-refractivity contribution in [3.05, 3.63) is 0 Å². The smallest absolute Gasteiger partial charge is 0.306 e.